The van der Waals surface area contributed by atoms with Crippen LogP contribution in [-0.4, -0.2) is 30.2 Å². The van der Waals surface area contributed by atoms with Gasteiger partial charge in [0.05, 0.1) is 12.0 Å². The maximum atomic E-state index is 14.1. The van der Waals surface area contributed by atoms with Crippen molar-refractivity contribution in [1.82, 2.24) is 10.4 Å². The fourth-order valence-corrected chi connectivity index (χ4v) is 4.32. The minimum Gasteiger partial charge on any atom is -0.493 e. The highest BCUT2D eigenvalue weighted by molar-refractivity contribution is 5.89. The molecule has 1 fully saturated rings. The average molecular weight is 465 g/mol. The van der Waals surface area contributed by atoms with E-state index in [0.717, 1.165) is 23.2 Å². The standard InChI is InChI=1S/C26H35F3N2O2/c1-4-5-6-7-8-9-10-16-33-22-13-11-12-19-14-15-20(17-21(19)22)23(26(27,28)29)31-18-25(2,3)24(32)30-31/h11-15,17,23H,4-10,16,18H2,1-3H3,(H,30,32). The molecule has 0 spiro atoms. The number of carbonyl (C=O) groups excluding carboxylic acids is 1. The third-order valence-electron chi connectivity index (χ3n) is 6.23. The van der Waals surface area contributed by atoms with Gasteiger partial charge in [-0.15, -0.1) is 0 Å². The van der Waals surface area contributed by atoms with Gasteiger partial charge in [-0.2, -0.15) is 13.2 Å². The fourth-order valence-electron chi connectivity index (χ4n) is 4.32. The number of unbranched alkanes of at least 4 members (excludes halogenated alkanes) is 6. The van der Waals surface area contributed by atoms with Crippen molar-refractivity contribution in [2.24, 2.45) is 5.41 Å². The summed E-state index contributed by atoms with van der Waals surface area (Å²) < 4.78 is 48.3. The molecule has 0 aliphatic carbocycles. The number of amides is 1. The van der Waals surface area contributed by atoms with Crippen molar-refractivity contribution >= 4 is 16.7 Å². The zero-order valence-electron chi connectivity index (χ0n) is 19.8. The van der Waals surface area contributed by atoms with E-state index in [9.17, 15) is 18.0 Å². The summed E-state index contributed by atoms with van der Waals surface area (Å²) in [5.74, 6) is 0.184. The van der Waals surface area contributed by atoms with Gasteiger partial charge >= 0.3 is 6.18 Å². The molecule has 1 aliphatic rings. The SMILES string of the molecule is CCCCCCCCCOc1cccc2ccc(C(N3CC(C)(C)C(=O)N3)C(F)(F)F)cc12. The van der Waals surface area contributed by atoms with E-state index >= 15 is 0 Å². The van der Waals surface area contributed by atoms with Crippen molar-refractivity contribution in [2.45, 2.75) is 77.9 Å². The number of nitrogens with one attached hydrogen (secondary N) is 1. The van der Waals surface area contributed by atoms with E-state index in [0.29, 0.717) is 17.7 Å². The van der Waals surface area contributed by atoms with Gasteiger partial charge in [0, 0.05) is 11.9 Å². The van der Waals surface area contributed by atoms with Crippen molar-refractivity contribution in [1.29, 1.82) is 0 Å². The maximum Gasteiger partial charge on any atom is 0.409 e. The van der Waals surface area contributed by atoms with Crippen molar-refractivity contribution < 1.29 is 22.7 Å². The first-order valence-corrected chi connectivity index (χ1v) is 11.9. The second-order valence-electron chi connectivity index (χ2n) is 9.60. The lowest BCUT2D eigenvalue weighted by Gasteiger charge is -2.30. The first-order chi connectivity index (χ1) is 15.6. The molecule has 3 rings (SSSR count). The summed E-state index contributed by atoms with van der Waals surface area (Å²) in [6.07, 6.45) is 3.62. The van der Waals surface area contributed by atoms with Crippen LogP contribution in [0.25, 0.3) is 10.8 Å². The summed E-state index contributed by atoms with van der Waals surface area (Å²) in [6.45, 7) is 6.00. The Morgan fingerprint density at radius 2 is 1.76 bits per heavy atom. The molecule has 1 aliphatic heterocycles. The average Bonchev–Trinajstić information content (AvgIpc) is 3.00. The molecule has 0 saturated carbocycles. The molecule has 1 atom stereocenters. The Balaban J connectivity index is 1.75. The Hall–Kier alpha value is -2.28. The molecule has 1 heterocycles. The van der Waals surface area contributed by atoms with E-state index in [1.807, 2.05) is 12.1 Å². The molecule has 1 saturated heterocycles. The first-order valence-electron chi connectivity index (χ1n) is 11.9. The van der Waals surface area contributed by atoms with Gasteiger partial charge in [0.25, 0.3) is 0 Å². The summed E-state index contributed by atoms with van der Waals surface area (Å²) in [7, 11) is 0. The highest BCUT2D eigenvalue weighted by atomic mass is 19.4. The summed E-state index contributed by atoms with van der Waals surface area (Å²) in [6, 6.07) is 8.31. The van der Waals surface area contributed by atoms with Gasteiger partial charge in [0.1, 0.15) is 11.8 Å². The molecular weight excluding hydrogens is 429 g/mol. The van der Waals surface area contributed by atoms with E-state index in [4.69, 9.17) is 4.74 Å². The van der Waals surface area contributed by atoms with Crippen LogP contribution in [0.2, 0.25) is 0 Å². The van der Waals surface area contributed by atoms with E-state index in [2.05, 4.69) is 12.3 Å². The number of ether oxygens (including phenoxy) is 1. The number of hydrogen-bond acceptors (Lipinski definition) is 3. The predicted molar refractivity (Wildman–Crippen MR) is 125 cm³/mol. The summed E-state index contributed by atoms with van der Waals surface area (Å²) in [4.78, 5) is 12.1. The van der Waals surface area contributed by atoms with Crippen LogP contribution in [0.5, 0.6) is 5.75 Å². The van der Waals surface area contributed by atoms with Crippen molar-refractivity contribution in [2.75, 3.05) is 13.2 Å². The van der Waals surface area contributed by atoms with E-state index in [1.54, 1.807) is 32.0 Å². The van der Waals surface area contributed by atoms with Crippen LogP contribution in [0.15, 0.2) is 36.4 Å². The highest BCUT2D eigenvalue weighted by Crippen LogP contribution is 2.42. The Morgan fingerprint density at radius 3 is 2.39 bits per heavy atom. The lowest BCUT2D eigenvalue weighted by Crippen LogP contribution is -2.43. The van der Waals surface area contributed by atoms with Gasteiger partial charge in [-0.3, -0.25) is 10.2 Å². The number of hydrogen-bond donors (Lipinski definition) is 1. The van der Waals surface area contributed by atoms with Crippen molar-refractivity contribution in [3.8, 4) is 5.75 Å². The highest BCUT2D eigenvalue weighted by Gasteiger charge is 2.51. The van der Waals surface area contributed by atoms with E-state index in [1.165, 1.54) is 38.2 Å². The number of nitrogens with zero attached hydrogens (tertiary/aromatic N) is 1. The van der Waals surface area contributed by atoms with Crippen LogP contribution in [-0.2, 0) is 4.79 Å². The Morgan fingerprint density at radius 1 is 1.06 bits per heavy atom. The van der Waals surface area contributed by atoms with Crippen LogP contribution >= 0.6 is 0 Å². The minimum absolute atomic E-state index is 0.0234. The van der Waals surface area contributed by atoms with Crippen molar-refractivity contribution in [3.63, 3.8) is 0 Å². The molecule has 1 amide bonds. The van der Waals surface area contributed by atoms with Crippen molar-refractivity contribution in [3.05, 3.63) is 42.0 Å². The zero-order valence-corrected chi connectivity index (χ0v) is 19.8. The third-order valence-corrected chi connectivity index (χ3v) is 6.23. The van der Waals surface area contributed by atoms with E-state index in [-0.39, 0.29) is 12.1 Å². The fraction of sp³-hybridized carbons (Fsp3) is 0.577. The molecular formula is C26H35F3N2O2. The first kappa shape index (κ1) is 25.3. The number of alkyl halides is 3. The number of benzene rings is 2. The molecule has 182 valence electrons. The largest absolute Gasteiger partial charge is 0.493 e. The Bertz CT molecular complexity index is 943. The van der Waals surface area contributed by atoms with E-state index < -0.39 is 23.5 Å². The number of carbonyl (C=O) groups is 1. The zero-order chi connectivity index (χ0) is 24.1. The predicted octanol–water partition coefficient (Wildman–Crippen LogP) is 6.95. The molecule has 1 unspecified atom stereocenters. The molecule has 0 bridgehead atoms. The van der Waals surface area contributed by atoms with Gasteiger partial charge in [0.15, 0.2) is 0 Å². The van der Waals surface area contributed by atoms with Gasteiger partial charge in [0.2, 0.25) is 5.91 Å². The van der Waals surface area contributed by atoms with Gasteiger partial charge in [-0.05, 0) is 43.4 Å². The lowest BCUT2D eigenvalue weighted by molar-refractivity contribution is -0.191. The second-order valence-corrected chi connectivity index (χ2v) is 9.60. The van der Waals surface area contributed by atoms with Crippen LogP contribution in [0.1, 0.15) is 77.3 Å². The monoisotopic (exact) mass is 464 g/mol. The van der Waals surface area contributed by atoms with Crippen LogP contribution in [0.3, 0.4) is 0 Å². The summed E-state index contributed by atoms with van der Waals surface area (Å²) >= 11 is 0. The Labute approximate surface area is 194 Å². The quantitative estimate of drug-likeness (QED) is 0.366. The maximum absolute atomic E-state index is 14.1. The van der Waals surface area contributed by atoms with Crippen LogP contribution in [0.4, 0.5) is 13.2 Å². The molecule has 2 aromatic carbocycles. The number of fused-ring (bicyclic) bond motifs is 1. The number of hydrazine groups is 1. The summed E-state index contributed by atoms with van der Waals surface area (Å²) in [5, 5.41) is 2.48. The van der Waals surface area contributed by atoms with Gasteiger partial charge < -0.3 is 4.74 Å². The summed E-state index contributed by atoms with van der Waals surface area (Å²) in [5.41, 5.74) is 1.62. The normalized spacial score (nSPS) is 17.3. The molecule has 0 aromatic heterocycles. The molecule has 33 heavy (non-hydrogen) atoms. The topological polar surface area (TPSA) is 41.6 Å². The van der Waals surface area contributed by atoms with Gasteiger partial charge in [-0.25, -0.2) is 5.01 Å². The molecule has 1 N–H and O–H groups in total. The van der Waals surface area contributed by atoms with Crippen LogP contribution < -0.4 is 10.2 Å². The number of rotatable bonds is 11. The lowest BCUT2D eigenvalue weighted by atomic mass is 9.93. The smallest absolute Gasteiger partial charge is 0.409 e. The molecule has 0 radical (unpaired) electrons. The molecule has 4 nitrogen and oxygen atoms in total. The second kappa shape index (κ2) is 10.8. The minimum atomic E-state index is -4.55. The molecule has 7 heteroatoms. The van der Waals surface area contributed by atoms with Gasteiger partial charge in [-0.1, -0.05) is 69.7 Å². The number of halogens is 3. The third kappa shape index (κ3) is 6.40. The molecule has 2 aromatic rings. The Kier molecular flexibility index (Phi) is 8.27. The van der Waals surface area contributed by atoms with Crippen LogP contribution in [0, 0.1) is 5.41 Å².